The van der Waals surface area contributed by atoms with Gasteiger partial charge >= 0.3 is 0 Å². The van der Waals surface area contributed by atoms with E-state index < -0.39 is 0 Å². The molecule has 1 fully saturated rings. The Morgan fingerprint density at radius 2 is 1.65 bits per heavy atom. The number of methoxy groups -OCH3 is 1. The Labute approximate surface area is 199 Å². The van der Waals surface area contributed by atoms with Gasteiger partial charge in [0.2, 0.25) is 5.88 Å². The molecule has 1 aromatic heterocycles. The van der Waals surface area contributed by atoms with Crippen molar-refractivity contribution in [2.24, 2.45) is 0 Å². The van der Waals surface area contributed by atoms with Crippen molar-refractivity contribution < 1.29 is 14.3 Å². The van der Waals surface area contributed by atoms with E-state index in [-0.39, 0.29) is 11.9 Å². The summed E-state index contributed by atoms with van der Waals surface area (Å²) < 4.78 is 13.6. The summed E-state index contributed by atoms with van der Waals surface area (Å²) in [6, 6.07) is 27.1. The minimum absolute atomic E-state index is 0.0299. The summed E-state index contributed by atoms with van der Waals surface area (Å²) in [6.45, 7) is 2.39. The van der Waals surface area contributed by atoms with E-state index in [4.69, 9.17) is 14.6 Å². The van der Waals surface area contributed by atoms with Crippen molar-refractivity contribution in [3.05, 3.63) is 102 Å². The summed E-state index contributed by atoms with van der Waals surface area (Å²) in [6.07, 6.45) is 2.02. The predicted octanol–water partition coefficient (Wildman–Crippen LogP) is 5.79. The van der Waals surface area contributed by atoms with Crippen molar-refractivity contribution in [1.82, 2.24) is 14.7 Å². The molecule has 0 saturated heterocycles. The van der Waals surface area contributed by atoms with Crippen LogP contribution in [0.25, 0.3) is 5.69 Å². The number of benzene rings is 3. The molecule has 1 amide bonds. The van der Waals surface area contributed by atoms with Crippen molar-refractivity contribution >= 4 is 5.91 Å². The highest BCUT2D eigenvalue weighted by molar-refractivity contribution is 5.94. The molecule has 0 bridgehead atoms. The predicted molar refractivity (Wildman–Crippen MR) is 131 cm³/mol. The van der Waals surface area contributed by atoms with Crippen LogP contribution in [0.2, 0.25) is 0 Å². The van der Waals surface area contributed by atoms with Gasteiger partial charge in [0.1, 0.15) is 11.5 Å². The summed E-state index contributed by atoms with van der Waals surface area (Å²) in [5.74, 6) is 1.98. The summed E-state index contributed by atoms with van der Waals surface area (Å²) in [5.41, 5.74) is 3.30. The third-order valence-electron chi connectivity index (χ3n) is 5.99. The second-order valence-electron chi connectivity index (χ2n) is 8.43. The number of aromatic nitrogens is 2. The van der Waals surface area contributed by atoms with Gasteiger partial charge in [-0.25, -0.2) is 4.68 Å². The first-order chi connectivity index (χ1) is 16.6. The Kier molecular flexibility index (Phi) is 6.04. The minimum Gasteiger partial charge on any atom is -0.497 e. The zero-order valence-corrected chi connectivity index (χ0v) is 19.3. The Morgan fingerprint density at radius 1 is 0.971 bits per heavy atom. The van der Waals surface area contributed by atoms with Gasteiger partial charge in [0, 0.05) is 17.7 Å². The first-order valence-electron chi connectivity index (χ1n) is 11.5. The topological polar surface area (TPSA) is 56.6 Å². The molecule has 1 aliphatic rings. The molecule has 172 valence electrons. The molecule has 6 heteroatoms. The van der Waals surface area contributed by atoms with Crippen LogP contribution in [0.4, 0.5) is 0 Å². The van der Waals surface area contributed by atoms with Crippen LogP contribution in [0, 0.1) is 6.92 Å². The van der Waals surface area contributed by atoms with Gasteiger partial charge in [-0.2, -0.15) is 5.10 Å². The van der Waals surface area contributed by atoms with E-state index in [9.17, 15) is 4.79 Å². The maximum atomic E-state index is 13.4. The number of rotatable bonds is 8. The van der Waals surface area contributed by atoms with Gasteiger partial charge in [-0.3, -0.25) is 4.79 Å². The Balaban J connectivity index is 1.55. The Morgan fingerprint density at radius 3 is 2.32 bits per heavy atom. The van der Waals surface area contributed by atoms with Gasteiger partial charge < -0.3 is 14.4 Å². The Hall–Kier alpha value is -4.06. The molecule has 5 rings (SSSR count). The van der Waals surface area contributed by atoms with Gasteiger partial charge in [0.25, 0.3) is 5.91 Å². The molecule has 1 aliphatic carbocycles. The molecule has 34 heavy (non-hydrogen) atoms. The van der Waals surface area contributed by atoms with Crippen LogP contribution in [0.15, 0.2) is 84.9 Å². The molecule has 0 unspecified atom stereocenters. The van der Waals surface area contributed by atoms with Crippen LogP contribution in [0.1, 0.15) is 34.5 Å². The van der Waals surface area contributed by atoms with Gasteiger partial charge in [-0.1, -0.05) is 42.5 Å². The van der Waals surface area contributed by atoms with E-state index in [2.05, 4.69) is 0 Å². The first kappa shape index (κ1) is 21.8. The zero-order valence-electron chi connectivity index (χ0n) is 19.3. The molecule has 6 nitrogen and oxygen atoms in total. The van der Waals surface area contributed by atoms with Gasteiger partial charge in [-0.15, -0.1) is 0 Å². The van der Waals surface area contributed by atoms with Gasteiger partial charge in [0.15, 0.2) is 0 Å². The molecule has 0 atom stereocenters. The zero-order chi connectivity index (χ0) is 23.5. The highest BCUT2D eigenvalue weighted by Crippen LogP contribution is 2.36. The maximum absolute atomic E-state index is 13.4. The Bertz CT molecular complexity index is 1280. The number of ether oxygens (including phenoxy) is 2. The monoisotopic (exact) mass is 453 g/mol. The first-order valence-corrected chi connectivity index (χ1v) is 11.5. The molecule has 1 saturated carbocycles. The molecule has 0 N–H and O–H groups in total. The fourth-order valence-corrected chi connectivity index (χ4v) is 4.02. The molecular formula is C28H27N3O3. The van der Waals surface area contributed by atoms with E-state index in [1.54, 1.807) is 7.11 Å². The number of para-hydroxylation sites is 1. The highest BCUT2D eigenvalue weighted by Gasteiger charge is 2.35. The maximum Gasteiger partial charge on any atom is 0.254 e. The fraction of sp³-hybridized carbons (Fsp3) is 0.214. The third-order valence-corrected chi connectivity index (χ3v) is 5.99. The number of hydrogen-bond acceptors (Lipinski definition) is 4. The molecule has 0 radical (unpaired) electrons. The molecule has 0 spiro atoms. The number of hydrogen-bond donors (Lipinski definition) is 0. The molecule has 0 aliphatic heterocycles. The number of amides is 1. The van der Waals surface area contributed by atoms with Crippen LogP contribution in [-0.4, -0.2) is 33.7 Å². The van der Waals surface area contributed by atoms with Crippen molar-refractivity contribution in [2.45, 2.75) is 32.4 Å². The third kappa shape index (κ3) is 4.53. The summed E-state index contributed by atoms with van der Waals surface area (Å²) in [7, 11) is 1.63. The quantitative estimate of drug-likeness (QED) is 0.339. The van der Waals surface area contributed by atoms with E-state index in [0.717, 1.165) is 29.8 Å². The van der Waals surface area contributed by atoms with Crippen molar-refractivity contribution in [3.63, 3.8) is 0 Å². The lowest BCUT2D eigenvalue weighted by Gasteiger charge is -2.23. The summed E-state index contributed by atoms with van der Waals surface area (Å²) in [5, 5.41) is 4.81. The van der Waals surface area contributed by atoms with Crippen LogP contribution < -0.4 is 9.47 Å². The lowest BCUT2D eigenvalue weighted by atomic mass is 10.1. The molecule has 4 aromatic rings. The fourth-order valence-electron chi connectivity index (χ4n) is 4.02. The smallest absolute Gasteiger partial charge is 0.254 e. The lowest BCUT2D eigenvalue weighted by Crippen LogP contribution is -2.32. The van der Waals surface area contributed by atoms with Gasteiger partial charge in [-0.05, 0) is 56.2 Å². The molecular weight excluding hydrogens is 426 g/mol. The highest BCUT2D eigenvalue weighted by atomic mass is 16.5. The summed E-state index contributed by atoms with van der Waals surface area (Å²) in [4.78, 5) is 15.4. The standard InChI is InChI=1S/C28H27N3O3/c1-20-26(19-30(22-16-17-22)27(32)21-10-5-3-6-11-21)28(31(29-20)23-12-7-4-8-13-23)34-25-15-9-14-24(18-25)33-2/h3-15,18,22H,16-17,19H2,1-2H3. The SMILES string of the molecule is COc1cccc(Oc2c(CN(C(=O)c3ccccc3)C3CC3)c(C)nn2-c2ccccc2)c1. The number of nitrogens with zero attached hydrogens (tertiary/aromatic N) is 3. The minimum atomic E-state index is 0.0299. The molecule has 3 aromatic carbocycles. The van der Waals surface area contributed by atoms with Crippen molar-refractivity contribution in [1.29, 1.82) is 0 Å². The van der Waals surface area contributed by atoms with Crippen LogP contribution in [0.3, 0.4) is 0 Å². The summed E-state index contributed by atoms with van der Waals surface area (Å²) >= 11 is 0. The van der Waals surface area contributed by atoms with Gasteiger partial charge in [0.05, 0.1) is 30.6 Å². The number of carbonyl (C=O) groups is 1. The van der Waals surface area contributed by atoms with E-state index in [1.165, 1.54) is 0 Å². The number of carbonyl (C=O) groups excluding carboxylic acids is 1. The van der Waals surface area contributed by atoms with Crippen LogP contribution >= 0.6 is 0 Å². The van der Waals surface area contributed by atoms with E-state index >= 15 is 0 Å². The van der Waals surface area contributed by atoms with Crippen molar-refractivity contribution in [2.75, 3.05) is 7.11 Å². The van der Waals surface area contributed by atoms with E-state index in [0.29, 0.717) is 29.5 Å². The number of aryl methyl sites for hydroxylation is 1. The average molecular weight is 454 g/mol. The van der Waals surface area contributed by atoms with Crippen LogP contribution in [-0.2, 0) is 6.54 Å². The second-order valence-corrected chi connectivity index (χ2v) is 8.43. The second kappa shape index (κ2) is 9.43. The largest absolute Gasteiger partial charge is 0.497 e. The van der Waals surface area contributed by atoms with Crippen LogP contribution in [0.5, 0.6) is 17.4 Å². The van der Waals surface area contributed by atoms with Crippen molar-refractivity contribution in [3.8, 4) is 23.1 Å². The lowest BCUT2D eigenvalue weighted by molar-refractivity contribution is 0.0729. The van der Waals surface area contributed by atoms with E-state index in [1.807, 2.05) is 101 Å². The molecule has 1 heterocycles. The average Bonchev–Trinajstić information content (AvgIpc) is 3.68. The normalized spacial score (nSPS) is 12.9.